The minimum absolute atomic E-state index is 0.00927. The van der Waals surface area contributed by atoms with Crippen molar-refractivity contribution in [2.75, 3.05) is 36.0 Å². The van der Waals surface area contributed by atoms with Crippen LogP contribution in [0.3, 0.4) is 0 Å². The smallest absolute Gasteiger partial charge is 0.405 e. The first kappa shape index (κ1) is 52.5. The molecule has 2 aromatic heterocycles. The topological polar surface area (TPSA) is 203 Å². The molecule has 0 bridgehead atoms. The van der Waals surface area contributed by atoms with E-state index in [1.54, 1.807) is 9.80 Å². The van der Waals surface area contributed by atoms with Crippen molar-refractivity contribution in [3.8, 4) is 0 Å². The molecule has 416 valence electrons. The van der Waals surface area contributed by atoms with Crippen LogP contribution in [0.15, 0.2) is 78.9 Å². The van der Waals surface area contributed by atoms with Crippen molar-refractivity contribution in [3.05, 3.63) is 119 Å². The van der Waals surface area contributed by atoms with Gasteiger partial charge in [0.25, 0.3) is 0 Å². The highest BCUT2D eigenvalue weighted by molar-refractivity contribution is 5.87. The van der Waals surface area contributed by atoms with Crippen molar-refractivity contribution in [1.82, 2.24) is 40.4 Å². The molecular weight excluding hydrogens is 1010 g/mol. The predicted octanol–water partition coefficient (Wildman–Crippen LogP) is 11.9. The summed E-state index contributed by atoms with van der Waals surface area (Å²) in [5.41, 5.74) is 6.45. The number of likely N-dealkylation sites (tertiary alicyclic amines) is 2. The van der Waals surface area contributed by atoms with Crippen LogP contribution in [0.5, 0.6) is 0 Å². The lowest BCUT2D eigenvalue weighted by Crippen LogP contribution is -2.52. The number of carboxylic acid groups (broad SMARTS) is 2. The van der Waals surface area contributed by atoms with Gasteiger partial charge in [-0.05, 0) is 148 Å². The molecule has 6 heterocycles. The largest absolute Gasteiger partial charge is 0.465 e. The third-order valence-corrected chi connectivity index (χ3v) is 18.6. The molecule has 6 aliphatic rings. The number of nitrogens with one attached hydrogen (secondary N) is 4. The molecule has 2 aliphatic carbocycles. The number of imidazole rings is 2. The summed E-state index contributed by atoms with van der Waals surface area (Å²) >= 11 is 0. The molecule has 6 N–H and O–H groups in total. The summed E-state index contributed by atoms with van der Waals surface area (Å²) in [6.07, 6.45) is 12.6. The maximum atomic E-state index is 16.9. The van der Waals surface area contributed by atoms with Crippen LogP contribution in [0.4, 0.5) is 29.7 Å². The minimum atomic E-state index is -1.20. The molecule has 12 rings (SSSR count). The van der Waals surface area contributed by atoms with Crippen molar-refractivity contribution in [2.24, 2.45) is 11.8 Å². The Bertz CT molecular complexity index is 3030. The van der Waals surface area contributed by atoms with Gasteiger partial charge in [0.2, 0.25) is 11.8 Å². The van der Waals surface area contributed by atoms with E-state index in [4.69, 9.17) is 9.97 Å². The normalized spacial score (nSPS) is 23.4. The van der Waals surface area contributed by atoms with Crippen molar-refractivity contribution >= 4 is 57.4 Å². The van der Waals surface area contributed by atoms with Gasteiger partial charge in [-0.15, -0.1) is 0 Å². The zero-order chi connectivity index (χ0) is 54.3. The molecule has 0 radical (unpaired) electrons. The second kappa shape index (κ2) is 22.5. The number of piperidine rings is 1. The highest BCUT2D eigenvalue weighted by Crippen LogP contribution is 2.49. The molecule has 16 nitrogen and oxygen atoms in total. The van der Waals surface area contributed by atoms with Gasteiger partial charge >= 0.3 is 12.2 Å². The molecule has 6 aromatic rings. The third-order valence-electron chi connectivity index (χ3n) is 18.6. The number of aromatic amines is 2. The van der Waals surface area contributed by atoms with Crippen LogP contribution in [0.2, 0.25) is 0 Å². The lowest BCUT2D eigenvalue weighted by molar-refractivity contribution is -0.136. The number of carbonyl (C=O) groups excluding carboxylic acids is 2. The maximum Gasteiger partial charge on any atom is 0.405 e. The Morgan fingerprint density at radius 2 is 0.987 bits per heavy atom. The van der Waals surface area contributed by atoms with Crippen LogP contribution in [-0.4, -0.2) is 102 Å². The predicted molar refractivity (Wildman–Crippen MR) is 297 cm³/mol. The number of carbonyl (C=O) groups is 4. The zero-order valence-electron chi connectivity index (χ0n) is 44.7. The van der Waals surface area contributed by atoms with Crippen LogP contribution in [-0.2, 0) is 9.59 Å². The van der Waals surface area contributed by atoms with Crippen LogP contribution in [0.1, 0.15) is 174 Å². The maximum absolute atomic E-state index is 16.9. The summed E-state index contributed by atoms with van der Waals surface area (Å²) in [5.74, 6) is -0.155. The highest BCUT2D eigenvalue weighted by atomic mass is 19.1. The van der Waals surface area contributed by atoms with Gasteiger partial charge in [-0.25, -0.2) is 28.3 Å². The molecular formula is C61H72F2N10O6. The molecule has 6 atom stereocenters. The van der Waals surface area contributed by atoms with Crippen LogP contribution in [0.25, 0.3) is 22.1 Å². The number of anilines is 2. The Hall–Kier alpha value is -7.24. The van der Waals surface area contributed by atoms with E-state index in [2.05, 4.69) is 37.6 Å². The standard InChI is InChI=1S/C61H72F2N10O6/c62-43-34-42(35-44(63)55(43)70-30-26-37(27-31-70)36-12-4-1-5-13-36)73-49(40-20-22-45-47(32-40)66-56(64-45)51-18-10-28-71(51)58(74)53(68-60(76)77)38-14-6-2-7-15-38)24-25-50(73)41-21-23-46-48(33-41)67-57(65-46)52-19-11-29-72(52)59(75)54(69-61(78)79)39-16-8-3-9-17-39/h1,4-5,12-13,20-23,32-35,37-39,49-54,68-69H,2-3,6-11,14-19,24-31H2,(H,64,66)(H,65,67)(H,76,77)(H,78,79)/t49-,50-,51+,52+,53+,54+/m1/s1. The van der Waals surface area contributed by atoms with E-state index in [0.717, 1.165) is 112 Å². The van der Waals surface area contributed by atoms with Gasteiger partial charge in [0.1, 0.15) is 29.4 Å². The highest BCUT2D eigenvalue weighted by Gasteiger charge is 2.43. The number of H-pyrrole nitrogens is 2. The summed E-state index contributed by atoms with van der Waals surface area (Å²) in [7, 11) is 0. The van der Waals surface area contributed by atoms with E-state index < -0.39 is 35.9 Å². The first-order valence-electron chi connectivity index (χ1n) is 29.1. The summed E-state index contributed by atoms with van der Waals surface area (Å²) in [4.78, 5) is 77.4. The van der Waals surface area contributed by atoms with Crippen LogP contribution >= 0.6 is 0 Å². The number of hydrogen-bond donors (Lipinski definition) is 6. The Morgan fingerprint density at radius 1 is 0.519 bits per heavy atom. The molecule has 6 fully saturated rings. The van der Waals surface area contributed by atoms with E-state index >= 15 is 8.78 Å². The average Bonchev–Trinajstić information content (AvgIpc) is 4.37. The van der Waals surface area contributed by atoms with E-state index in [1.165, 1.54) is 17.7 Å². The number of rotatable bonds is 13. The quantitative estimate of drug-likeness (QED) is 0.0646. The van der Waals surface area contributed by atoms with Gasteiger partial charge in [-0.2, -0.15) is 0 Å². The fourth-order valence-corrected chi connectivity index (χ4v) is 14.8. The van der Waals surface area contributed by atoms with Crippen LogP contribution in [0, 0.1) is 23.5 Å². The van der Waals surface area contributed by atoms with Crippen molar-refractivity contribution in [3.63, 3.8) is 0 Å². The number of fused-ring (bicyclic) bond motifs is 2. The van der Waals surface area contributed by atoms with Gasteiger partial charge in [0.05, 0.1) is 46.2 Å². The van der Waals surface area contributed by atoms with Gasteiger partial charge < -0.3 is 50.4 Å². The molecule has 4 saturated heterocycles. The number of benzene rings is 4. The van der Waals surface area contributed by atoms with Gasteiger partial charge in [-0.3, -0.25) is 9.59 Å². The summed E-state index contributed by atoms with van der Waals surface area (Å²) in [6, 6.07) is 22.4. The van der Waals surface area contributed by atoms with Gasteiger partial charge in [-0.1, -0.05) is 81.0 Å². The fraction of sp³-hybridized carbons (Fsp3) is 0.508. The number of hydrogen-bond acceptors (Lipinski definition) is 8. The van der Waals surface area contributed by atoms with E-state index in [1.807, 2.05) is 59.5 Å². The summed E-state index contributed by atoms with van der Waals surface area (Å²) in [6.45, 7) is 2.06. The molecule has 0 unspecified atom stereocenters. The van der Waals surface area contributed by atoms with Crippen LogP contribution < -0.4 is 20.4 Å². The average molecular weight is 1080 g/mol. The molecule has 18 heteroatoms. The first-order chi connectivity index (χ1) is 38.4. The molecule has 4 amide bonds. The van der Waals surface area contributed by atoms with E-state index in [9.17, 15) is 29.4 Å². The fourth-order valence-electron chi connectivity index (χ4n) is 14.8. The van der Waals surface area contributed by atoms with Crippen molar-refractivity contribution in [1.29, 1.82) is 0 Å². The second-order valence-electron chi connectivity index (χ2n) is 23.3. The van der Waals surface area contributed by atoms with Crippen molar-refractivity contribution in [2.45, 2.75) is 158 Å². The summed E-state index contributed by atoms with van der Waals surface area (Å²) < 4.78 is 33.8. The van der Waals surface area contributed by atoms with Gasteiger partial charge in [0.15, 0.2) is 11.6 Å². The monoisotopic (exact) mass is 1080 g/mol. The van der Waals surface area contributed by atoms with E-state index in [0.29, 0.717) is 86.1 Å². The molecule has 4 aliphatic heterocycles. The summed E-state index contributed by atoms with van der Waals surface area (Å²) in [5, 5.41) is 24.8. The molecule has 0 spiro atoms. The first-order valence-corrected chi connectivity index (χ1v) is 29.1. The number of nitrogens with zero attached hydrogens (tertiary/aromatic N) is 6. The Morgan fingerprint density at radius 3 is 1.44 bits per heavy atom. The number of aromatic nitrogens is 4. The second-order valence-corrected chi connectivity index (χ2v) is 23.3. The third kappa shape index (κ3) is 10.6. The zero-order valence-corrected chi connectivity index (χ0v) is 44.7. The molecule has 79 heavy (non-hydrogen) atoms. The Kier molecular flexibility index (Phi) is 14.9. The minimum Gasteiger partial charge on any atom is -0.465 e. The van der Waals surface area contributed by atoms with Crippen molar-refractivity contribution < 1.29 is 38.2 Å². The number of amides is 4. The van der Waals surface area contributed by atoms with Gasteiger partial charge in [0, 0.05) is 31.9 Å². The SMILES string of the molecule is O=C(O)N[C@H](C(=O)N1CCC[C@H]1c1nc2cc([C@H]3CC[C@H](c4ccc5[nH]c([C@@H]6CCCN6C(=O)[C@@H](NC(=O)O)C6CCCCC6)nc5c4)N3c3cc(F)c(N4CCC(c5ccccc5)CC4)c(F)c3)ccc2[nH]1)C1CCCCC1. The van der Waals surface area contributed by atoms with E-state index in [-0.39, 0.29) is 53.5 Å². The Labute approximate surface area is 458 Å². The lowest BCUT2D eigenvalue weighted by Gasteiger charge is -2.36. The number of halogens is 2. The molecule has 2 saturated carbocycles. The lowest BCUT2D eigenvalue weighted by atomic mass is 9.83. The molecule has 4 aromatic carbocycles. The Balaban J connectivity index is 0.849.